The Labute approximate surface area is 294 Å². The van der Waals surface area contributed by atoms with Crippen molar-refractivity contribution in [3.05, 3.63) is 112 Å². The number of benzene rings is 3. The molecule has 1 heterocycles. The molecule has 1 aliphatic carbocycles. The minimum Gasteiger partial charge on any atom is -0.493 e. The van der Waals surface area contributed by atoms with Crippen molar-refractivity contribution < 1.29 is 42.8 Å². The molecule has 1 saturated carbocycles. The summed E-state index contributed by atoms with van der Waals surface area (Å²) >= 11 is 6.10. The fraction of sp³-hybridized carbons (Fsp3) is 0.316. The average molecular weight is 705 g/mol. The van der Waals surface area contributed by atoms with Crippen LogP contribution in [0, 0.1) is 5.82 Å². The first-order valence-corrected chi connectivity index (χ1v) is 16.4. The Hall–Kier alpha value is -5.00. The first-order valence-electron chi connectivity index (χ1n) is 16.0. The fourth-order valence-corrected chi connectivity index (χ4v) is 5.42. The van der Waals surface area contributed by atoms with Gasteiger partial charge < -0.3 is 29.4 Å². The van der Waals surface area contributed by atoms with Crippen molar-refractivity contribution in [2.24, 2.45) is 0 Å². The lowest BCUT2D eigenvalue weighted by Gasteiger charge is -2.30. The van der Waals surface area contributed by atoms with Crippen LogP contribution in [-0.2, 0) is 32.0 Å². The normalized spacial score (nSPS) is 14.9. The van der Waals surface area contributed by atoms with Crippen LogP contribution in [0.4, 0.5) is 9.18 Å². The number of aliphatic hydroxyl groups is 1. The minimum absolute atomic E-state index is 0.0598. The molecule has 0 radical (unpaired) electrons. The van der Waals surface area contributed by atoms with Gasteiger partial charge in [-0.25, -0.2) is 19.0 Å². The molecule has 2 unspecified atom stereocenters. The third-order valence-electron chi connectivity index (χ3n) is 8.47. The number of carbonyl (C=O) groups excluding carboxylic acids is 3. The van der Waals surface area contributed by atoms with E-state index in [1.165, 1.54) is 52.3 Å². The van der Waals surface area contributed by atoms with Crippen LogP contribution in [-0.4, -0.2) is 48.3 Å². The summed E-state index contributed by atoms with van der Waals surface area (Å²) in [5.41, 5.74) is -1.65. The van der Waals surface area contributed by atoms with Crippen LogP contribution < -0.4 is 14.8 Å². The molecule has 4 aromatic rings. The Morgan fingerprint density at radius 2 is 1.72 bits per heavy atom. The summed E-state index contributed by atoms with van der Waals surface area (Å²) in [5, 5.41) is 14.2. The molecule has 0 aliphatic heterocycles. The largest absolute Gasteiger partial charge is 0.493 e. The van der Waals surface area contributed by atoms with E-state index in [2.05, 4.69) is 10.3 Å². The number of rotatable bonds is 14. The van der Waals surface area contributed by atoms with E-state index in [9.17, 15) is 23.9 Å². The van der Waals surface area contributed by atoms with E-state index in [0.29, 0.717) is 22.6 Å². The Morgan fingerprint density at radius 1 is 0.980 bits per heavy atom. The molecule has 262 valence electrons. The molecule has 1 aromatic heterocycles. The maximum Gasteiger partial charge on any atom is 0.408 e. The number of hydrogen-bond donors (Lipinski definition) is 2. The number of ketones is 1. The summed E-state index contributed by atoms with van der Waals surface area (Å²) in [7, 11) is 2.67. The van der Waals surface area contributed by atoms with Gasteiger partial charge in [-0.3, -0.25) is 4.79 Å². The molecule has 1 aliphatic rings. The van der Waals surface area contributed by atoms with E-state index in [-0.39, 0.29) is 53.3 Å². The Kier molecular flexibility index (Phi) is 11.1. The van der Waals surface area contributed by atoms with Crippen LogP contribution in [0.25, 0.3) is 11.3 Å². The van der Waals surface area contributed by atoms with Crippen molar-refractivity contribution in [3.8, 4) is 22.8 Å². The minimum atomic E-state index is -1.84. The number of ether oxygens (including phenoxy) is 4. The van der Waals surface area contributed by atoms with E-state index >= 15 is 0 Å². The first-order chi connectivity index (χ1) is 23.8. The quantitative estimate of drug-likeness (QED) is 0.103. The van der Waals surface area contributed by atoms with Crippen LogP contribution >= 0.6 is 11.6 Å². The Morgan fingerprint density at radius 3 is 2.38 bits per heavy atom. The maximum absolute atomic E-state index is 14.1. The second-order valence-corrected chi connectivity index (χ2v) is 12.8. The molecule has 5 rings (SSSR count). The van der Waals surface area contributed by atoms with Crippen LogP contribution in [0.3, 0.4) is 0 Å². The molecule has 1 fully saturated rings. The van der Waals surface area contributed by atoms with Gasteiger partial charge in [-0.2, -0.15) is 0 Å². The summed E-state index contributed by atoms with van der Waals surface area (Å²) in [6.45, 7) is 2.85. The third kappa shape index (κ3) is 8.58. The van der Waals surface area contributed by atoms with Crippen LogP contribution in [0.5, 0.6) is 11.5 Å². The Balaban J connectivity index is 1.46. The van der Waals surface area contributed by atoms with Crippen molar-refractivity contribution in [3.63, 3.8) is 0 Å². The van der Waals surface area contributed by atoms with E-state index in [0.717, 1.165) is 24.5 Å². The summed E-state index contributed by atoms with van der Waals surface area (Å²) in [5.74, 6) is -0.761. The average Bonchev–Trinajstić information content (AvgIpc) is 3.95. The van der Waals surface area contributed by atoms with Gasteiger partial charge in [-0.15, -0.1) is 0 Å². The maximum atomic E-state index is 14.1. The van der Waals surface area contributed by atoms with Gasteiger partial charge in [-0.1, -0.05) is 41.9 Å². The van der Waals surface area contributed by atoms with Crippen molar-refractivity contribution in [2.45, 2.75) is 63.4 Å². The molecular weight excluding hydrogens is 667 g/mol. The lowest BCUT2D eigenvalue weighted by Crippen LogP contribution is -2.50. The fourth-order valence-electron chi connectivity index (χ4n) is 5.24. The van der Waals surface area contributed by atoms with Gasteiger partial charge in [0, 0.05) is 17.5 Å². The van der Waals surface area contributed by atoms with Crippen molar-refractivity contribution in [1.82, 2.24) is 10.3 Å². The molecule has 0 bridgehead atoms. The smallest absolute Gasteiger partial charge is 0.408 e. The van der Waals surface area contributed by atoms with Crippen LogP contribution in [0.2, 0.25) is 5.02 Å². The molecule has 0 saturated heterocycles. The zero-order valence-corrected chi connectivity index (χ0v) is 28.9. The number of aromatic nitrogens is 1. The SMILES string of the molecule is COC(=O)C(C)(NC(=O)OCc1ccccc1)c1cc(-c2ccc(F)c(Cl)c2)nc(C(C)(O)CCC(=O)c2ccc(OC3CC3)c(OC)c2)c1. The van der Waals surface area contributed by atoms with Gasteiger partial charge >= 0.3 is 12.1 Å². The van der Waals surface area contributed by atoms with E-state index in [1.54, 1.807) is 42.5 Å². The molecular formula is C38H38ClFN2O8. The number of nitrogens with zero attached hydrogens (tertiary/aromatic N) is 1. The molecule has 3 aromatic carbocycles. The van der Waals surface area contributed by atoms with E-state index < -0.39 is 29.0 Å². The first kappa shape index (κ1) is 36.3. The molecule has 10 nitrogen and oxygen atoms in total. The molecule has 1 amide bonds. The number of halogens is 2. The summed E-state index contributed by atoms with van der Waals surface area (Å²) < 4.78 is 35.9. The number of alkyl carbamates (subject to hydrolysis) is 1. The summed E-state index contributed by atoms with van der Waals surface area (Å²) in [6, 6.07) is 20.8. The predicted molar refractivity (Wildman–Crippen MR) is 184 cm³/mol. The number of nitrogens with one attached hydrogen (secondary N) is 1. The second-order valence-electron chi connectivity index (χ2n) is 12.4. The molecule has 0 spiro atoms. The van der Waals surface area contributed by atoms with E-state index in [1.807, 2.05) is 6.07 Å². The van der Waals surface area contributed by atoms with Gasteiger partial charge in [0.25, 0.3) is 0 Å². The highest BCUT2D eigenvalue weighted by atomic mass is 35.5. The van der Waals surface area contributed by atoms with Gasteiger partial charge in [0.2, 0.25) is 0 Å². The number of amides is 1. The lowest BCUT2D eigenvalue weighted by atomic mass is 9.86. The number of hydrogen-bond acceptors (Lipinski definition) is 9. The number of methoxy groups -OCH3 is 2. The van der Waals surface area contributed by atoms with Gasteiger partial charge in [0.1, 0.15) is 18.0 Å². The predicted octanol–water partition coefficient (Wildman–Crippen LogP) is 7.28. The summed E-state index contributed by atoms with van der Waals surface area (Å²) in [4.78, 5) is 44.4. The zero-order chi connectivity index (χ0) is 36.1. The monoisotopic (exact) mass is 704 g/mol. The molecule has 2 atom stereocenters. The molecule has 2 N–H and O–H groups in total. The highest BCUT2D eigenvalue weighted by molar-refractivity contribution is 6.31. The van der Waals surface area contributed by atoms with Gasteiger partial charge in [0.05, 0.1) is 36.7 Å². The number of carbonyl (C=O) groups is 3. The lowest BCUT2D eigenvalue weighted by molar-refractivity contribution is -0.148. The molecule has 12 heteroatoms. The number of Topliss-reactive ketones (excluding diaryl/α,β-unsaturated/α-hetero) is 1. The highest BCUT2D eigenvalue weighted by Gasteiger charge is 2.41. The van der Waals surface area contributed by atoms with Gasteiger partial charge in [-0.05, 0) is 92.8 Å². The standard InChI is InChI=1S/C38H38ClFN2O8/c1-37(46,17-16-31(43)25-11-15-32(33(19-25)47-3)50-27-12-13-27)34-21-26(20-30(41-34)24-10-14-29(40)28(39)18-24)38(2,35(44)48-4)42-36(45)49-22-23-8-6-5-7-9-23/h5-11,14-15,18-21,27,46H,12-13,16-17,22H2,1-4H3,(H,42,45). The van der Waals surface area contributed by atoms with Crippen LogP contribution in [0.15, 0.2) is 78.9 Å². The van der Waals surface area contributed by atoms with Crippen LogP contribution in [0.1, 0.15) is 66.7 Å². The molecule has 50 heavy (non-hydrogen) atoms. The second kappa shape index (κ2) is 15.3. The highest BCUT2D eigenvalue weighted by Crippen LogP contribution is 2.36. The van der Waals surface area contributed by atoms with Crippen molar-refractivity contribution in [1.29, 1.82) is 0 Å². The third-order valence-corrected chi connectivity index (χ3v) is 8.76. The van der Waals surface area contributed by atoms with E-state index in [4.69, 9.17) is 30.5 Å². The summed E-state index contributed by atoms with van der Waals surface area (Å²) in [6.07, 6.45) is 1.02. The number of pyridine rings is 1. The zero-order valence-electron chi connectivity index (χ0n) is 28.1. The van der Waals surface area contributed by atoms with Crippen molar-refractivity contribution in [2.75, 3.05) is 14.2 Å². The van der Waals surface area contributed by atoms with Crippen molar-refractivity contribution >= 4 is 29.4 Å². The van der Waals surface area contributed by atoms with Gasteiger partial charge in [0.15, 0.2) is 22.8 Å². The number of esters is 1. The topological polar surface area (TPSA) is 133 Å². The Bertz CT molecular complexity index is 1880.